The number of hydrogen-bond acceptors (Lipinski definition) is 3. The molecule has 0 atom stereocenters. The number of fused-ring (bicyclic) bond motifs is 1. The van der Waals surface area contributed by atoms with Crippen LogP contribution < -0.4 is 4.80 Å². The second-order valence-electron chi connectivity index (χ2n) is 4.78. The van der Waals surface area contributed by atoms with Gasteiger partial charge in [-0.3, -0.25) is 0 Å². The first kappa shape index (κ1) is 16.0. The second-order valence-corrected chi connectivity index (χ2v) is 7.83. The van der Waals surface area contributed by atoms with Crippen molar-refractivity contribution in [1.82, 2.24) is 4.57 Å². The van der Waals surface area contributed by atoms with E-state index in [9.17, 15) is 8.42 Å². The van der Waals surface area contributed by atoms with Gasteiger partial charge in [-0.05, 0) is 30.3 Å². The second kappa shape index (κ2) is 6.31. The smallest absolute Gasteiger partial charge is 0.285 e. The Labute approximate surface area is 143 Å². The van der Waals surface area contributed by atoms with E-state index in [2.05, 4.69) is 11.0 Å². The maximum Gasteiger partial charge on any atom is 0.285 e. The number of aromatic nitrogens is 1. The van der Waals surface area contributed by atoms with E-state index in [0.717, 1.165) is 10.2 Å². The van der Waals surface area contributed by atoms with E-state index < -0.39 is 10.0 Å². The number of hydrogen-bond donors (Lipinski definition) is 0. The zero-order valence-corrected chi connectivity index (χ0v) is 14.4. The van der Waals surface area contributed by atoms with E-state index in [-0.39, 0.29) is 4.90 Å². The van der Waals surface area contributed by atoms with Gasteiger partial charge in [-0.2, -0.15) is 8.42 Å². The van der Waals surface area contributed by atoms with Gasteiger partial charge in [0.1, 0.15) is 0 Å². The van der Waals surface area contributed by atoms with Gasteiger partial charge < -0.3 is 4.57 Å². The average molecular weight is 365 g/mol. The quantitative estimate of drug-likeness (QED) is 0.660. The van der Waals surface area contributed by atoms with Crippen molar-refractivity contribution < 1.29 is 8.42 Å². The molecule has 0 amide bonds. The van der Waals surface area contributed by atoms with Gasteiger partial charge in [-0.25, -0.2) is 0 Å². The molecule has 0 unspecified atom stereocenters. The molecule has 23 heavy (non-hydrogen) atoms. The molecule has 1 heterocycles. The minimum Gasteiger partial charge on any atom is -0.312 e. The topological polar surface area (TPSA) is 51.4 Å². The molecule has 2 aromatic carbocycles. The van der Waals surface area contributed by atoms with E-state index in [0.29, 0.717) is 16.4 Å². The SMILES string of the molecule is C=CCn1/c(=N/S(=O)(=O)c2ccccc2)sc2cc(Cl)ccc21. The Hall–Kier alpha value is -1.89. The van der Waals surface area contributed by atoms with Crippen molar-refractivity contribution in [1.29, 1.82) is 0 Å². The Balaban J connectivity index is 2.26. The number of nitrogens with zero attached hydrogens (tertiary/aromatic N) is 2. The van der Waals surface area contributed by atoms with E-state index in [4.69, 9.17) is 11.6 Å². The molecule has 0 N–H and O–H groups in total. The third-order valence-electron chi connectivity index (χ3n) is 3.20. The van der Waals surface area contributed by atoms with Crippen molar-refractivity contribution in [3.63, 3.8) is 0 Å². The predicted octanol–water partition coefficient (Wildman–Crippen LogP) is 3.83. The van der Waals surface area contributed by atoms with E-state index in [1.54, 1.807) is 36.4 Å². The number of thiazole rings is 1. The maximum atomic E-state index is 12.5. The van der Waals surface area contributed by atoms with Gasteiger partial charge in [0.2, 0.25) is 4.80 Å². The summed E-state index contributed by atoms with van der Waals surface area (Å²) in [6.07, 6.45) is 1.70. The zero-order valence-electron chi connectivity index (χ0n) is 12.0. The summed E-state index contributed by atoms with van der Waals surface area (Å²) in [5, 5.41) is 0.599. The van der Waals surface area contributed by atoms with Crippen LogP contribution in [0.2, 0.25) is 5.02 Å². The van der Waals surface area contributed by atoms with E-state index in [1.807, 2.05) is 10.6 Å². The minimum atomic E-state index is -3.76. The fraction of sp³-hybridized carbons (Fsp3) is 0.0625. The highest BCUT2D eigenvalue weighted by molar-refractivity contribution is 7.90. The molecule has 0 saturated carbocycles. The third-order valence-corrected chi connectivity index (χ3v) is 5.87. The Bertz CT molecular complexity index is 1030. The fourth-order valence-corrected chi connectivity index (χ4v) is 4.71. The van der Waals surface area contributed by atoms with Crippen LogP contribution in [0.1, 0.15) is 0 Å². The normalized spacial score (nSPS) is 12.7. The summed E-state index contributed by atoms with van der Waals surface area (Å²) < 4.78 is 31.6. The molecule has 0 aliphatic carbocycles. The van der Waals surface area contributed by atoms with Gasteiger partial charge in [0, 0.05) is 11.6 Å². The molecule has 0 aliphatic rings. The predicted molar refractivity (Wildman–Crippen MR) is 94.2 cm³/mol. The first-order valence-electron chi connectivity index (χ1n) is 6.77. The fourth-order valence-electron chi connectivity index (χ4n) is 2.17. The van der Waals surface area contributed by atoms with Gasteiger partial charge in [0.05, 0.1) is 15.1 Å². The molecule has 1 aromatic heterocycles. The zero-order chi connectivity index (χ0) is 16.4. The van der Waals surface area contributed by atoms with E-state index in [1.165, 1.54) is 23.5 Å². The molecule has 0 radical (unpaired) electrons. The molecule has 0 spiro atoms. The minimum absolute atomic E-state index is 0.167. The first-order chi connectivity index (χ1) is 11.0. The molecule has 0 aliphatic heterocycles. The Morgan fingerprint density at radius 2 is 1.96 bits per heavy atom. The standard InChI is InChI=1S/C16H13ClN2O2S2/c1-2-10-19-14-9-8-12(17)11-15(14)22-16(19)18-23(20,21)13-6-4-3-5-7-13/h2-9,11H,1,10H2/b18-16-. The number of rotatable bonds is 4. The molecule has 7 heteroatoms. The average Bonchev–Trinajstić information content (AvgIpc) is 2.84. The van der Waals surface area contributed by atoms with Crippen molar-refractivity contribution in [2.45, 2.75) is 11.4 Å². The van der Waals surface area contributed by atoms with Crippen LogP contribution >= 0.6 is 22.9 Å². The lowest BCUT2D eigenvalue weighted by Crippen LogP contribution is -2.16. The van der Waals surface area contributed by atoms with Crippen molar-refractivity contribution in [2.24, 2.45) is 4.40 Å². The number of allylic oxidation sites excluding steroid dienone is 1. The van der Waals surface area contributed by atoms with Crippen LogP contribution in [0.3, 0.4) is 0 Å². The van der Waals surface area contributed by atoms with Crippen molar-refractivity contribution in [3.8, 4) is 0 Å². The van der Waals surface area contributed by atoms with Gasteiger partial charge in [-0.15, -0.1) is 11.0 Å². The Kier molecular flexibility index (Phi) is 4.39. The van der Waals surface area contributed by atoms with E-state index >= 15 is 0 Å². The highest BCUT2D eigenvalue weighted by Gasteiger charge is 2.14. The number of benzene rings is 2. The summed E-state index contributed by atoms with van der Waals surface area (Å²) in [5.74, 6) is 0. The van der Waals surface area contributed by atoms with Gasteiger partial charge >= 0.3 is 0 Å². The molecule has 0 saturated heterocycles. The monoisotopic (exact) mass is 364 g/mol. The summed E-state index contributed by atoms with van der Waals surface area (Å²) in [6.45, 7) is 4.19. The molecule has 0 bridgehead atoms. The van der Waals surface area contributed by atoms with Crippen LogP contribution in [0.5, 0.6) is 0 Å². The molecule has 118 valence electrons. The molecule has 4 nitrogen and oxygen atoms in total. The van der Waals surface area contributed by atoms with Crippen LogP contribution in [-0.4, -0.2) is 13.0 Å². The summed E-state index contributed by atoms with van der Waals surface area (Å²) in [4.78, 5) is 0.562. The molecule has 0 fully saturated rings. The summed E-state index contributed by atoms with van der Waals surface area (Å²) >= 11 is 7.30. The third kappa shape index (κ3) is 3.24. The lowest BCUT2D eigenvalue weighted by molar-refractivity contribution is 0.596. The van der Waals surface area contributed by atoms with Crippen molar-refractivity contribution in [2.75, 3.05) is 0 Å². The van der Waals surface area contributed by atoms with Gasteiger partial charge in [-0.1, -0.05) is 47.2 Å². The highest BCUT2D eigenvalue weighted by atomic mass is 35.5. The summed E-state index contributed by atoms with van der Waals surface area (Å²) in [6, 6.07) is 13.6. The van der Waals surface area contributed by atoms with Crippen LogP contribution in [0.15, 0.2) is 70.5 Å². The lowest BCUT2D eigenvalue weighted by atomic mass is 10.3. The van der Waals surface area contributed by atoms with Crippen LogP contribution in [0.4, 0.5) is 0 Å². The van der Waals surface area contributed by atoms with Crippen LogP contribution in [-0.2, 0) is 16.6 Å². The lowest BCUT2D eigenvalue weighted by Gasteiger charge is -2.01. The summed E-state index contributed by atoms with van der Waals surface area (Å²) in [7, 11) is -3.76. The van der Waals surface area contributed by atoms with Crippen LogP contribution in [0, 0.1) is 0 Å². The Morgan fingerprint density at radius 3 is 2.65 bits per heavy atom. The van der Waals surface area contributed by atoms with Crippen molar-refractivity contribution in [3.05, 3.63) is 71.0 Å². The van der Waals surface area contributed by atoms with Gasteiger partial charge in [0.15, 0.2) is 0 Å². The Morgan fingerprint density at radius 1 is 1.22 bits per heavy atom. The largest absolute Gasteiger partial charge is 0.312 e. The first-order valence-corrected chi connectivity index (χ1v) is 9.40. The molecule has 3 aromatic rings. The molecule has 3 rings (SSSR count). The summed E-state index contributed by atoms with van der Waals surface area (Å²) in [5.41, 5.74) is 0.876. The number of sulfonamides is 1. The highest BCUT2D eigenvalue weighted by Crippen LogP contribution is 2.22. The van der Waals surface area contributed by atoms with Crippen molar-refractivity contribution >= 4 is 43.2 Å². The number of halogens is 1. The van der Waals surface area contributed by atoms with Crippen LogP contribution in [0.25, 0.3) is 10.2 Å². The van der Waals surface area contributed by atoms with Gasteiger partial charge in [0.25, 0.3) is 10.0 Å². The molecular formula is C16H13ClN2O2S2. The maximum absolute atomic E-state index is 12.5. The molecular weight excluding hydrogens is 352 g/mol.